The first-order valence-electron chi connectivity index (χ1n) is 4.26. The Morgan fingerprint density at radius 1 is 1.27 bits per heavy atom. The highest BCUT2D eigenvalue weighted by Gasteiger charge is 2.38. The number of alkyl halides is 3. The Balaban J connectivity index is 2.89. The molecule has 0 spiro atoms. The van der Waals surface area contributed by atoms with E-state index in [0.29, 0.717) is 6.42 Å². The largest absolute Gasteiger partial charge is 0.454 e. The van der Waals surface area contributed by atoms with Gasteiger partial charge in [-0.25, -0.2) is 0 Å². The third-order valence-corrected chi connectivity index (χ3v) is 1.85. The summed E-state index contributed by atoms with van der Waals surface area (Å²) in [5, 5.41) is 0. The minimum atomic E-state index is -4.81. The Kier molecular flexibility index (Phi) is 3.29. The van der Waals surface area contributed by atoms with Gasteiger partial charge in [0, 0.05) is 5.56 Å². The lowest BCUT2D eigenvalue weighted by atomic mass is 10.1. The first kappa shape index (κ1) is 11.5. The molecule has 0 bridgehead atoms. The minimum absolute atomic E-state index is 0.338. The molecule has 1 nitrogen and oxygen atoms in total. The number of Topliss-reactive ketones (excluding diaryl/α,β-unsaturated/α-hetero) is 1. The molecule has 0 atom stereocenters. The highest BCUT2D eigenvalue weighted by Crippen LogP contribution is 2.21. The number of hydrogen-bond acceptors (Lipinski definition) is 1. The van der Waals surface area contributed by atoms with Gasteiger partial charge in [0.1, 0.15) is 0 Å². The van der Waals surface area contributed by atoms with E-state index < -0.39 is 12.0 Å². The van der Waals surface area contributed by atoms with E-state index in [-0.39, 0.29) is 5.56 Å². The second-order valence-electron chi connectivity index (χ2n) is 3.02. The summed E-state index contributed by atoms with van der Waals surface area (Å²) >= 11 is 0. The molecule has 1 aromatic rings. The highest BCUT2D eigenvalue weighted by molar-refractivity contribution is 6.00. The van der Waals surface area contributed by atoms with E-state index in [1.807, 2.05) is 0 Å². The van der Waals surface area contributed by atoms with Crippen LogP contribution in [0.3, 0.4) is 0 Å². The SMILES string of the molecule is C=CCc1ccc(C(=O)C(F)(F)F)cc1. The van der Waals surface area contributed by atoms with Crippen LogP contribution in [0.1, 0.15) is 15.9 Å². The third kappa shape index (κ3) is 2.94. The summed E-state index contributed by atoms with van der Waals surface area (Å²) in [4.78, 5) is 10.8. The molecule has 0 radical (unpaired) electrons. The zero-order chi connectivity index (χ0) is 11.5. The Morgan fingerprint density at radius 3 is 2.20 bits per heavy atom. The average Bonchev–Trinajstić information content (AvgIpc) is 2.17. The summed E-state index contributed by atoms with van der Waals surface area (Å²) < 4.78 is 36.1. The molecule has 0 fully saturated rings. The van der Waals surface area contributed by atoms with E-state index >= 15 is 0 Å². The Morgan fingerprint density at radius 2 is 1.80 bits per heavy atom. The molecule has 0 amide bonds. The third-order valence-electron chi connectivity index (χ3n) is 1.85. The fourth-order valence-electron chi connectivity index (χ4n) is 1.12. The van der Waals surface area contributed by atoms with Crippen LogP contribution in [0.25, 0.3) is 0 Å². The number of carbonyl (C=O) groups excluding carboxylic acids is 1. The molecule has 0 aromatic heterocycles. The molecule has 1 rings (SSSR count). The van der Waals surface area contributed by atoms with E-state index in [2.05, 4.69) is 6.58 Å². The van der Waals surface area contributed by atoms with Gasteiger partial charge in [0.2, 0.25) is 0 Å². The van der Waals surface area contributed by atoms with Gasteiger partial charge in [-0.05, 0) is 12.0 Å². The van der Waals surface area contributed by atoms with Crippen molar-refractivity contribution in [2.24, 2.45) is 0 Å². The number of benzene rings is 1. The zero-order valence-electron chi connectivity index (χ0n) is 7.84. The molecule has 0 heterocycles. The summed E-state index contributed by atoms with van der Waals surface area (Å²) in [6, 6.07) is 5.32. The van der Waals surface area contributed by atoms with Crippen LogP contribution in [0.15, 0.2) is 36.9 Å². The summed E-state index contributed by atoms with van der Waals surface area (Å²) in [6.45, 7) is 3.51. The van der Waals surface area contributed by atoms with Crippen molar-refractivity contribution < 1.29 is 18.0 Å². The van der Waals surface area contributed by atoms with Crippen molar-refractivity contribution in [3.05, 3.63) is 48.0 Å². The van der Waals surface area contributed by atoms with Gasteiger partial charge in [-0.15, -0.1) is 6.58 Å². The molecular formula is C11H9F3O. The Labute approximate surface area is 85.2 Å². The Hall–Kier alpha value is -1.58. The normalized spacial score (nSPS) is 11.1. The number of carbonyl (C=O) groups is 1. The van der Waals surface area contributed by atoms with Gasteiger partial charge in [-0.1, -0.05) is 30.3 Å². The lowest BCUT2D eigenvalue weighted by Crippen LogP contribution is -2.22. The van der Waals surface area contributed by atoms with Gasteiger partial charge in [0.05, 0.1) is 0 Å². The fourth-order valence-corrected chi connectivity index (χ4v) is 1.12. The topological polar surface area (TPSA) is 17.1 Å². The van der Waals surface area contributed by atoms with Crippen LogP contribution in [0.5, 0.6) is 0 Å². The molecule has 0 saturated heterocycles. The summed E-state index contributed by atoms with van der Waals surface area (Å²) in [7, 11) is 0. The quantitative estimate of drug-likeness (QED) is 0.558. The maximum absolute atomic E-state index is 12.0. The van der Waals surface area contributed by atoms with Crippen molar-refractivity contribution in [1.29, 1.82) is 0 Å². The molecule has 0 aliphatic rings. The first-order chi connectivity index (χ1) is 6.95. The molecule has 1 aromatic carbocycles. The van der Waals surface area contributed by atoms with Gasteiger partial charge in [-0.3, -0.25) is 4.79 Å². The second kappa shape index (κ2) is 4.29. The van der Waals surface area contributed by atoms with Crippen LogP contribution >= 0.6 is 0 Å². The molecule has 80 valence electrons. The smallest absolute Gasteiger partial charge is 0.284 e. The van der Waals surface area contributed by atoms with Gasteiger partial charge >= 0.3 is 6.18 Å². The van der Waals surface area contributed by atoms with Crippen LogP contribution in [0.2, 0.25) is 0 Å². The van der Waals surface area contributed by atoms with Crippen LogP contribution in [-0.2, 0) is 6.42 Å². The molecule has 0 N–H and O–H groups in total. The lowest BCUT2D eigenvalue weighted by molar-refractivity contribution is -0.0885. The molecule has 0 unspecified atom stereocenters. The number of halogens is 3. The van der Waals surface area contributed by atoms with E-state index in [0.717, 1.165) is 5.56 Å². The van der Waals surface area contributed by atoms with Gasteiger partial charge < -0.3 is 0 Å². The van der Waals surface area contributed by atoms with Gasteiger partial charge in [0.25, 0.3) is 5.78 Å². The molecular weight excluding hydrogens is 205 g/mol. The van der Waals surface area contributed by atoms with Crippen molar-refractivity contribution in [2.75, 3.05) is 0 Å². The minimum Gasteiger partial charge on any atom is -0.284 e. The summed E-state index contributed by atoms with van der Waals surface area (Å²) in [5.41, 5.74) is 0.485. The van der Waals surface area contributed by atoms with E-state index in [4.69, 9.17) is 0 Å². The predicted octanol–water partition coefficient (Wildman–Crippen LogP) is 3.16. The van der Waals surface area contributed by atoms with E-state index in [1.54, 1.807) is 6.08 Å². The van der Waals surface area contributed by atoms with Crippen molar-refractivity contribution in [2.45, 2.75) is 12.6 Å². The van der Waals surface area contributed by atoms with Crippen molar-refractivity contribution in [1.82, 2.24) is 0 Å². The standard InChI is InChI=1S/C11H9F3O/c1-2-3-8-4-6-9(7-5-8)10(15)11(12,13)14/h2,4-7H,1,3H2. The maximum Gasteiger partial charge on any atom is 0.454 e. The van der Waals surface area contributed by atoms with E-state index in [9.17, 15) is 18.0 Å². The van der Waals surface area contributed by atoms with Crippen molar-refractivity contribution >= 4 is 5.78 Å². The number of allylic oxidation sites excluding steroid dienone is 1. The summed E-state index contributed by atoms with van der Waals surface area (Å²) in [5.74, 6) is -1.81. The van der Waals surface area contributed by atoms with Crippen LogP contribution in [0, 0.1) is 0 Å². The fraction of sp³-hybridized carbons (Fsp3) is 0.182. The van der Waals surface area contributed by atoms with Crippen molar-refractivity contribution in [3.8, 4) is 0 Å². The second-order valence-corrected chi connectivity index (χ2v) is 3.02. The number of hydrogen-bond donors (Lipinski definition) is 0. The van der Waals surface area contributed by atoms with Gasteiger partial charge in [0.15, 0.2) is 0 Å². The first-order valence-corrected chi connectivity index (χ1v) is 4.26. The molecule has 0 aliphatic carbocycles. The van der Waals surface area contributed by atoms with Crippen molar-refractivity contribution in [3.63, 3.8) is 0 Å². The monoisotopic (exact) mass is 214 g/mol. The highest BCUT2D eigenvalue weighted by atomic mass is 19.4. The molecule has 0 aliphatic heterocycles. The van der Waals surface area contributed by atoms with Crippen LogP contribution < -0.4 is 0 Å². The van der Waals surface area contributed by atoms with E-state index in [1.165, 1.54) is 24.3 Å². The van der Waals surface area contributed by atoms with Gasteiger partial charge in [-0.2, -0.15) is 13.2 Å². The molecule has 0 saturated carbocycles. The number of ketones is 1. The summed E-state index contributed by atoms with van der Waals surface area (Å²) in [6.07, 6.45) is -2.60. The lowest BCUT2D eigenvalue weighted by Gasteiger charge is -2.05. The molecule has 15 heavy (non-hydrogen) atoms. The predicted molar refractivity (Wildman–Crippen MR) is 50.7 cm³/mol. The Bertz CT molecular complexity index is 362. The molecule has 4 heteroatoms. The maximum atomic E-state index is 12.0. The zero-order valence-corrected chi connectivity index (χ0v) is 7.84. The average molecular weight is 214 g/mol. The van der Waals surface area contributed by atoms with Crippen LogP contribution in [-0.4, -0.2) is 12.0 Å². The van der Waals surface area contributed by atoms with Crippen LogP contribution in [0.4, 0.5) is 13.2 Å². The number of rotatable bonds is 3.